The Hall–Kier alpha value is -9.74. The lowest BCUT2D eigenvalue weighted by atomic mass is 9.88. The Bertz CT molecular complexity index is 4530. The number of esters is 2. The Morgan fingerprint density at radius 2 is 0.508 bits per heavy atom. The maximum Gasteiger partial charge on any atom is 0.460 e. The largest absolute Gasteiger partial charge is 0.490 e. The maximum atomic E-state index is 14.9. The van der Waals surface area contributed by atoms with Gasteiger partial charge >= 0.3 is 155 Å². The molecule has 744 valence electrons. The summed E-state index contributed by atoms with van der Waals surface area (Å²) in [6.07, 6.45) is -47.3. The predicted octanol–water partition coefficient (Wildman–Crippen LogP) is 23.3. The number of unbranched alkanes of at least 4 members (excludes halogenated alkanes) is 3. The van der Waals surface area contributed by atoms with E-state index in [0.29, 0.717) is 18.2 Å². The van der Waals surface area contributed by atoms with Crippen molar-refractivity contribution in [3.05, 3.63) is 89.0 Å². The predicted molar refractivity (Wildman–Crippen MR) is 313 cm³/mol. The van der Waals surface area contributed by atoms with Crippen LogP contribution in [0.4, 0.5) is 241 Å². The summed E-state index contributed by atoms with van der Waals surface area (Å²) in [6.45, 7) is -10.5. The minimum Gasteiger partial charge on any atom is -0.490 e. The number of nitro benzene ring substituents is 3. The fourth-order valence-electron chi connectivity index (χ4n) is 10.4. The average Bonchev–Trinajstić information content (AvgIpc) is 0.793. The van der Waals surface area contributed by atoms with Crippen LogP contribution in [0.5, 0.6) is 17.2 Å². The molecule has 0 spiro atoms. The van der Waals surface area contributed by atoms with Crippen LogP contribution in [0.1, 0.15) is 94.4 Å². The van der Waals surface area contributed by atoms with Crippen molar-refractivity contribution in [1.82, 2.24) is 0 Å². The molecule has 0 bridgehead atoms. The molecule has 0 aromatic heterocycles. The van der Waals surface area contributed by atoms with Crippen molar-refractivity contribution in [3.8, 4) is 28.4 Å². The van der Waals surface area contributed by atoms with E-state index in [-0.39, 0.29) is 18.2 Å². The molecule has 0 radical (unpaired) electrons. The summed E-state index contributed by atoms with van der Waals surface area (Å²) >= 11 is 0. The number of nitrogens with zero attached hydrogens (tertiary/aromatic N) is 3. The van der Waals surface area contributed by atoms with Crippen LogP contribution in [0.25, 0.3) is 11.1 Å². The molecule has 0 saturated heterocycles. The van der Waals surface area contributed by atoms with Gasteiger partial charge in [0.2, 0.25) is 5.75 Å². The van der Waals surface area contributed by atoms with Crippen LogP contribution in [0.3, 0.4) is 0 Å². The molecule has 0 amide bonds. The van der Waals surface area contributed by atoms with Crippen LogP contribution >= 0.6 is 0 Å². The molecule has 1 aliphatic carbocycles. The highest BCUT2D eigenvalue weighted by Crippen LogP contribution is 2.69. The lowest BCUT2D eigenvalue weighted by molar-refractivity contribution is -0.461. The first-order chi connectivity index (χ1) is 57.6. The number of ketones is 1. The number of rotatable bonds is 47. The Balaban J connectivity index is 1.82. The molecule has 0 fully saturated rings. The van der Waals surface area contributed by atoms with E-state index in [0.717, 1.165) is 0 Å². The molecule has 0 heterocycles. The lowest BCUT2D eigenvalue weighted by Crippen LogP contribution is -2.74. The van der Waals surface area contributed by atoms with E-state index < -0.39 is 347 Å². The van der Waals surface area contributed by atoms with Gasteiger partial charge in [-0.2, -0.15) is 224 Å². The Kier molecular flexibility index (Phi) is 30.9. The molecular formula is C61H38F51N3O15. The molecule has 130 heavy (non-hydrogen) atoms. The molecule has 0 saturated carbocycles. The van der Waals surface area contributed by atoms with Gasteiger partial charge in [0.1, 0.15) is 13.2 Å². The number of hydrogen-bond donors (Lipinski definition) is 0. The summed E-state index contributed by atoms with van der Waals surface area (Å²) in [5, 5.41) is 35.4. The molecule has 0 aliphatic heterocycles. The zero-order valence-corrected chi connectivity index (χ0v) is 61.0. The summed E-state index contributed by atoms with van der Waals surface area (Å²) in [5.41, 5.74) is -9.60. The van der Waals surface area contributed by atoms with E-state index in [9.17, 15) is 269 Å². The second kappa shape index (κ2) is 35.7. The van der Waals surface area contributed by atoms with Crippen molar-refractivity contribution < 1.29 is 281 Å². The van der Waals surface area contributed by atoms with Crippen LogP contribution in [0, 0.1) is 30.3 Å². The fourth-order valence-corrected chi connectivity index (χ4v) is 10.4. The number of carbonyl (C=O) groups excluding carboxylic acids is 3. The lowest BCUT2D eigenvalue weighted by Gasteiger charge is -2.42. The highest BCUT2D eigenvalue weighted by molar-refractivity contribution is 6.25. The molecule has 1 aliphatic rings. The van der Waals surface area contributed by atoms with Crippen molar-refractivity contribution in [3.63, 3.8) is 0 Å². The van der Waals surface area contributed by atoms with Crippen LogP contribution in [0.2, 0.25) is 0 Å². The minimum atomic E-state index is -9.21. The van der Waals surface area contributed by atoms with Gasteiger partial charge < -0.3 is 28.4 Å². The van der Waals surface area contributed by atoms with Gasteiger partial charge in [0.25, 0.3) is 17.1 Å². The Labute approximate surface area is 680 Å². The molecule has 0 unspecified atom stereocenters. The molecule has 0 N–H and O–H groups in total. The first-order valence-corrected chi connectivity index (χ1v) is 33.1. The van der Waals surface area contributed by atoms with E-state index in [2.05, 4.69) is 0 Å². The van der Waals surface area contributed by atoms with Crippen LogP contribution < -0.4 is 14.2 Å². The first kappa shape index (κ1) is 113. The molecule has 4 rings (SSSR count). The van der Waals surface area contributed by atoms with E-state index >= 15 is 0 Å². The summed E-state index contributed by atoms with van der Waals surface area (Å²) in [7, 11) is 0. The van der Waals surface area contributed by atoms with Gasteiger partial charge in [0.15, 0.2) is 17.3 Å². The van der Waals surface area contributed by atoms with Gasteiger partial charge in [-0.15, -0.1) is 0 Å². The second-order valence-electron chi connectivity index (χ2n) is 26.5. The summed E-state index contributed by atoms with van der Waals surface area (Å²) < 4.78 is 741. The number of alkyl halides is 51. The van der Waals surface area contributed by atoms with Gasteiger partial charge in [0, 0.05) is 42.5 Å². The third-order valence-corrected chi connectivity index (χ3v) is 17.8. The molecule has 0 atom stereocenters. The highest BCUT2D eigenvalue weighted by atomic mass is 19.5. The van der Waals surface area contributed by atoms with E-state index in [4.69, 9.17) is 28.4 Å². The minimum absolute atomic E-state index is 0.113. The zero-order chi connectivity index (χ0) is 102. The third-order valence-electron chi connectivity index (χ3n) is 17.8. The second-order valence-corrected chi connectivity index (χ2v) is 26.5. The van der Waals surface area contributed by atoms with Crippen LogP contribution in [-0.2, 0) is 14.2 Å². The van der Waals surface area contributed by atoms with E-state index in [1.807, 2.05) is 0 Å². The topological polar surface area (TPSA) is 236 Å². The highest BCUT2D eigenvalue weighted by Gasteiger charge is 2.99. The number of benzene rings is 3. The normalized spacial score (nSPS) is 15.1. The summed E-state index contributed by atoms with van der Waals surface area (Å²) in [5.74, 6) is -193. The number of non-ortho nitro benzene ring substituents is 1. The monoisotopic (exact) mass is 2020 g/mol. The number of nitro groups is 3. The van der Waals surface area contributed by atoms with Crippen molar-refractivity contribution in [1.29, 1.82) is 0 Å². The van der Waals surface area contributed by atoms with Gasteiger partial charge in [-0.25, -0.2) is 9.59 Å². The molecule has 3 aromatic rings. The smallest absolute Gasteiger partial charge is 0.460 e. The number of fused-ring (bicyclic) bond motifs is 3. The van der Waals surface area contributed by atoms with Crippen LogP contribution in [-0.4, -0.2) is 222 Å². The summed E-state index contributed by atoms with van der Waals surface area (Å²) in [6, 6.07) is 1.36. The van der Waals surface area contributed by atoms with Crippen molar-refractivity contribution >= 4 is 34.8 Å². The van der Waals surface area contributed by atoms with Crippen LogP contribution in [0.15, 0.2) is 36.4 Å². The van der Waals surface area contributed by atoms with E-state index in [1.165, 1.54) is 0 Å². The number of ether oxygens (including phenoxy) is 6. The van der Waals surface area contributed by atoms with Gasteiger partial charge in [-0.3, -0.25) is 35.1 Å². The summed E-state index contributed by atoms with van der Waals surface area (Å²) in [4.78, 5) is 71.5. The zero-order valence-electron chi connectivity index (χ0n) is 61.0. The van der Waals surface area contributed by atoms with E-state index in [1.54, 1.807) is 0 Å². The van der Waals surface area contributed by atoms with Crippen molar-refractivity contribution in [2.24, 2.45) is 0 Å². The standard InChI is InChI=1S/C61H38F51N3O15/c62-38(63,41(68,69)44(74,75)47(80,81)50(86,87)53(92,93)56(98,99)59(104,105)106)7-1-4-10-126-30-19-24(37(118)130-16-14-125-13-15-129-36(117)23-17-26-32(28(18-23)114(121)122)33-27(34(26)116)21-25(113(119)120)22-29(33)115(123)124)20-31(127-11-5-2-8-39(64,65)42(70,71)45(76,77)48(82,83)51(88,89)54(94,95)57(100,101)60(107,108)109)35(30)128-12-6-3-9-40(66,67)43(72,73)46(78,79)49(84,85)52(90,91)55(96,97)58(102,103)61(110,111)112/h17-22H,1-16H2. The quantitative estimate of drug-likeness (QED) is 0.0131. The SMILES string of the molecule is O=C(OCCOCCOC(=O)c1cc2c(c([N+](=O)[O-])c1)-c1c(cc([N+](=O)[O-])cc1[N+](=O)[O-])C2=O)c1cc(OCCCCC(F)(F)C(F)(F)C(F)(F)C(F)(F)C(F)(F)C(F)(F)C(F)(F)C(F)(F)F)c(OCCCCC(F)(F)C(F)(F)C(F)(F)C(F)(F)C(F)(F)C(F)(F)C(F)(F)C(F)(F)F)c(OCCCCC(F)(F)C(F)(F)C(F)(F)C(F)(F)C(F)(F)C(F)(F)C(F)(F)C(F)(F)F)c1. The first-order valence-electron chi connectivity index (χ1n) is 33.1. The molecular weight excluding hydrogens is 1980 g/mol. The number of hydrogen-bond acceptors (Lipinski definition) is 15. The molecule has 18 nitrogen and oxygen atoms in total. The van der Waals surface area contributed by atoms with Gasteiger partial charge in [-0.1, -0.05) is 0 Å². The number of halogens is 51. The fraction of sp³-hybridized carbons (Fsp3) is 0.656. The average molecular weight is 2020 g/mol. The maximum absolute atomic E-state index is 14.9. The van der Waals surface area contributed by atoms with Crippen molar-refractivity contribution in [2.45, 2.75) is 201 Å². The van der Waals surface area contributed by atoms with Crippen molar-refractivity contribution in [2.75, 3.05) is 46.2 Å². The molecule has 3 aromatic carbocycles. The third kappa shape index (κ3) is 18.5. The number of carbonyl (C=O) groups is 3. The van der Waals surface area contributed by atoms with Gasteiger partial charge in [-0.05, 0) is 56.7 Å². The Morgan fingerprint density at radius 1 is 0.269 bits per heavy atom. The molecule has 69 heteroatoms. The van der Waals surface area contributed by atoms with Gasteiger partial charge in [0.05, 0.1) is 76.1 Å². The Morgan fingerprint density at radius 3 is 0.769 bits per heavy atom.